The molecule has 1 atom stereocenters. The number of nitro groups is 1. The van der Waals surface area contributed by atoms with E-state index in [1.54, 1.807) is 30.3 Å². The molecular weight excluding hydrogens is 484 g/mol. The SMILES string of the molecule is Cc1ccc(N2C(=O)N(c3ccc(C)cc3)C(=O)C3(Cc4cc([N+](=O)[O-])ccc4N4CCCC43)C2=O)cc1. The molecule has 1 unspecified atom stereocenters. The lowest BCUT2D eigenvalue weighted by atomic mass is 9.68. The van der Waals surface area contributed by atoms with Gasteiger partial charge >= 0.3 is 6.03 Å². The zero-order valence-corrected chi connectivity index (χ0v) is 21.1. The summed E-state index contributed by atoms with van der Waals surface area (Å²) in [5.41, 5.74) is 2.32. The number of hydrogen-bond donors (Lipinski definition) is 0. The third-order valence-electron chi connectivity index (χ3n) is 8.01. The molecule has 3 aromatic carbocycles. The van der Waals surface area contributed by atoms with E-state index in [1.807, 2.05) is 43.0 Å². The van der Waals surface area contributed by atoms with E-state index in [1.165, 1.54) is 12.1 Å². The van der Waals surface area contributed by atoms with Crippen LogP contribution in [0.3, 0.4) is 0 Å². The number of barbiturate groups is 1. The lowest BCUT2D eigenvalue weighted by Gasteiger charge is -2.51. The van der Waals surface area contributed by atoms with Gasteiger partial charge in [0.15, 0.2) is 5.41 Å². The Hall–Kier alpha value is -4.53. The first-order valence-electron chi connectivity index (χ1n) is 12.6. The van der Waals surface area contributed by atoms with E-state index in [0.717, 1.165) is 33.0 Å². The topological polar surface area (TPSA) is 104 Å². The molecule has 6 rings (SSSR count). The predicted octanol–water partition coefficient (Wildman–Crippen LogP) is 4.92. The molecule has 3 aromatic rings. The monoisotopic (exact) mass is 510 g/mol. The lowest BCUT2D eigenvalue weighted by Crippen LogP contribution is -2.72. The van der Waals surface area contributed by atoms with E-state index in [4.69, 9.17) is 0 Å². The zero-order chi connectivity index (χ0) is 26.8. The molecule has 3 aliphatic heterocycles. The van der Waals surface area contributed by atoms with E-state index >= 15 is 0 Å². The van der Waals surface area contributed by atoms with Crippen molar-refractivity contribution >= 4 is 40.6 Å². The van der Waals surface area contributed by atoms with Crippen LogP contribution >= 0.6 is 0 Å². The number of amides is 4. The van der Waals surface area contributed by atoms with Crippen LogP contribution in [0.2, 0.25) is 0 Å². The minimum Gasteiger partial charge on any atom is -0.367 e. The molecule has 192 valence electrons. The number of fused-ring (bicyclic) bond motifs is 4. The molecule has 0 N–H and O–H groups in total. The Morgan fingerprint density at radius 1 is 0.842 bits per heavy atom. The van der Waals surface area contributed by atoms with Crippen LogP contribution in [0.15, 0.2) is 66.7 Å². The standard InChI is InChI=1S/C29H26N4O5/c1-18-5-9-21(10-6-18)31-26(34)29(27(35)32(28(31)36)22-11-7-19(2)8-12-22)17-20-16-23(33(37)38)13-14-24(20)30-15-3-4-25(29)30/h5-14,16,25H,3-4,15,17H2,1-2H3. The Morgan fingerprint density at radius 2 is 1.39 bits per heavy atom. The van der Waals surface area contributed by atoms with Crippen LogP contribution in [-0.2, 0) is 16.0 Å². The highest BCUT2D eigenvalue weighted by atomic mass is 16.6. The van der Waals surface area contributed by atoms with Crippen LogP contribution in [-0.4, -0.2) is 35.4 Å². The van der Waals surface area contributed by atoms with E-state index in [9.17, 15) is 24.5 Å². The normalized spacial score (nSPS) is 20.1. The van der Waals surface area contributed by atoms with Gasteiger partial charge in [-0.1, -0.05) is 35.4 Å². The summed E-state index contributed by atoms with van der Waals surface area (Å²) < 4.78 is 0. The second-order valence-electron chi connectivity index (χ2n) is 10.3. The summed E-state index contributed by atoms with van der Waals surface area (Å²) in [7, 11) is 0. The summed E-state index contributed by atoms with van der Waals surface area (Å²) in [6.07, 6.45) is 1.32. The summed E-state index contributed by atoms with van der Waals surface area (Å²) in [4.78, 5) is 58.3. The molecule has 0 saturated carbocycles. The van der Waals surface area contributed by atoms with Crippen molar-refractivity contribution in [2.24, 2.45) is 5.41 Å². The predicted molar refractivity (Wildman–Crippen MR) is 142 cm³/mol. The fraction of sp³-hybridized carbons (Fsp3) is 0.276. The first-order chi connectivity index (χ1) is 18.2. The van der Waals surface area contributed by atoms with E-state index in [0.29, 0.717) is 29.9 Å². The van der Waals surface area contributed by atoms with Crippen molar-refractivity contribution in [3.8, 4) is 0 Å². The first kappa shape index (κ1) is 23.8. The van der Waals surface area contributed by atoms with Crippen LogP contribution < -0.4 is 14.7 Å². The number of urea groups is 1. The first-order valence-corrected chi connectivity index (χ1v) is 12.6. The van der Waals surface area contributed by atoms with Crippen molar-refractivity contribution < 1.29 is 19.3 Å². The Bertz CT molecular complexity index is 1430. The molecule has 0 radical (unpaired) electrons. The molecule has 0 bridgehead atoms. The maximum atomic E-state index is 14.5. The van der Waals surface area contributed by atoms with Gasteiger partial charge in [-0.15, -0.1) is 0 Å². The third kappa shape index (κ3) is 3.34. The molecule has 4 amide bonds. The zero-order valence-electron chi connectivity index (χ0n) is 21.1. The van der Waals surface area contributed by atoms with Gasteiger partial charge in [0, 0.05) is 30.8 Å². The average Bonchev–Trinajstić information content (AvgIpc) is 3.40. The van der Waals surface area contributed by atoms with Crippen molar-refractivity contribution in [3.63, 3.8) is 0 Å². The lowest BCUT2D eigenvalue weighted by molar-refractivity contribution is -0.384. The highest BCUT2D eigenvalue weighted by Crippen LogP contribution is 2.51. The van der Waals surface area contributed by atoms with E-state index in [-0.39, 0.29) is 12.1 Å². The number of nitrogens with zero attached hydrogens (tertiary/aromatic N) is 4. The molecule has 9 heteroatoms. The van der Waals surface area contributed by atoms with Gasteiger partial charge in [0.25, 0.3) is 17.5 Å². The molecule has 9 nitrogen and oxygen atoms in total. The van der Waals surface area contributed by atoms with Gasteiger partial charge in [0.05, 0.1) is 22.3 Å². The highest BCUT2D eigenvalue weighted by Gasteiger charge is 2.65. The number of anilines is 3. The van der Waals surface area contributed by atoms with Crippen LogP contribution in [0.5, 0.6) is 0 Å². The second kappa shape index (κ2) is 8.51. The number of aryl methyl sites for hydroxylation is 2. The van der Waals surface area contributed by atoms with Gasteiger partial charge in [0.2, 0.25) is 0 Å². The van der Waals surface area contributed by atoms with E-state index < -0.39 is 34.2 Å². The van der Waals surface area contributed by atoms with E-state index in [2.05, 4.69) is 0 Å². The maximum Gasteiger partial charge on any atom is 0.342 e. The van der Waals surface area contributed by atoms with Crippen LogP contribution in [0.4, 0.5) is 27.5 Å². The van der Waals surface area contributed by atoms with Gasteiger partial charge in [-0.3, -0.25) is 19.7 Å². The summed E-state index contributed by atoms with van der Waals surface area (Å²) in [6, 6.07) is 17.5. The van der Waals surface area contributed by atoms with Crippen molar-refractivity contribution in [2.75, 3.05) is 21.2 Å². The maximum absolute atomic E-state index is 14.5. The minimum absolute atomic E-state index is 0.0269. The summed E-state index contributed by atoms with van der Waals surface area (Å²) >= 11 is 0. The summed E-state index contributed by atoms with van der Waals surface area (Å²) in [5.74, 6) is -1.18. The average molecular weight is 511 g/mol. The summed E-state index contributed by atoms with van der Waals surface area (Å²) in [5, 5.41) is 11.6. The quantitative estimate of drug-likeness (QED) is 0.281. The van der Waals surface area contributed by atoms with Gasteiger partial charge in [-0.2, -0.15) is 0 Å². The van der Waals surface area contributed by atoms with Gasteiger partial charge < -0.3 is 4.90 Å². The van der Waals surface area contributed by atoms with Crippen LogP contribution in [0, 0.1) is 29.4 Å². The van der Waals surface area contributed by atoms with Gasteiger partial charge in [-0.25, -0.2) is 14.6 Å². The number of rotatable bonds is 3. The Labute approximate surface area is 219 Å². The molecule has 0 aromatic heterocycles. The highest BCUT2D eigenvalue weighted by molar-refractivity contribution is 6.39. The number of imide groups is 2. The number of carbonyl (C=O) groups excluding carboxylic acids is 3. The van der Waals surface area contributed by atoms with Gasteiger partial charge in [-0.05, 0) is 62.6 Å². The molecule has 3 aliphatic rings. The second-order valence-corrected chi connectivity index (χ2v) is 10.3. The fourth-order valence-corrected chi connectivity index (χ4v) is 6.14. The number of non-ortho nitro benzene ring substituents is 1. The molecule has 2 saturated heterocycles. The third-order valence-corrected chi connectivity index (χ3v) is 8.01. The number of nitro benzene ring substituents is 1. The Morgan fingerprint density at radius 3 is 1.92 bits per heavy atom. The van der Waals surface area contributed by atoms with Crippen LogP contribution in [0.25, 0.3) is 0 Å². The molecule has 38 heavy (non-hydrogen) atoms. The molecular formula is C29H26N4O5. The Balaban J connectivity index is 1.58. The molecule has 3 heterocycles. The summed E-state index contributed by atoms with van der Waals surface area (Å²) in [6.45, 7) is 4.43. The minimum atomic E-state index is -1.62. The Kier molecular flexibility index (Phi) is 5.34. The molecule has 1 spiro atoms. The van der Waals surface area contributed by atoms with Gasteiger partial charge in [0.1, 0.15) is 0 Å². The molecule has 0 aliphatic carbocycles. The van der Waals surface area contributed by atoms with Crippen molar-refractivity contribution in [1.82, 2.24) is 0 Å². The molecule has 2 fully saturated rings. The number of hydrogen-bond acceptors (Lipinski definition) is 6. The number of benzene rings is 3. The smallest absolute Gasteiger partial charge is 0.342 e. The largest absolute Gasteiger partial charge is 0.367 e. The fourth-order valence-electron chi connectivity index (χ4n) is 6.14. The van der Waals surface area contributed by atoms with Crippen LogP contribution in [0.1, 0.15) is 29.5 Å². The van der Waals surface area contributed by atoms with Crippen molar-refractivity contribution in [3.05, 3.63) is 93.5 Å². The number of carbonyl (C=O) groups is 3. The van der Waals surface area contributed by atoms with Crippen molar-refractivity contribution in [1.29, 1.82) is 0 Å². The van der Waals surface area contributed by atoms with Crippen molar-refractivity contribution in [2.45, 2.75) is 39.2 Å².